The Hall–Kier alpha value is 0.270. The van der Waals surface area contributed by atoms with Crippen molar-refractivity contribution in [3.63, 3.8) is 0 Å². The van der Waals surface area contributed by atoms with Crippen molar-refractivity contribution in [3.8, 4) is 0 Å². The highest BCUT2D eigenvalue weighted by Gasteiger charge is 2.39. The quantitative estimate of drug-likeness (QED) is 0.834. The van der Waals surface area contributed by atoms with Crippen molar-refractivity contribution in [2.24, 2.45) is 5.41 Å². The Morgan fingerprint density at radius 3 is 2.63 bits per heavy atom. The van der Waals surface area contributed by atoms with Gasteiger partial charge in [0.1, 0.15) is 0 Å². The molecule has 19 heavy (non-hydrogen) atoms. The molecule has 1 saturated heterocycles. The average molecular weight is 282 g/mol. The summed E-state index contributed by atoms with van der Waals surface area (Å²) in [5.41, 5.74) is 0.596. The molecule has 0 bridgehead atoms. The van der Waals surface area contributed by atoms with Crippen LogP contribution < -0.4 is 5.32 Å². The van der Waals surface area contributed by atoms with Crippen LogP contribution in [0.5, 0.6) is 0 Å². The summed E-state index contributed by atoms with van der Waals surface area (Å²) >= 11 is 2.16. The first-order valence-corrected chi connectivity index (χ1v) is 9.32. The van der Waals surface area contributed by atoms with Crippen molar-refractivity contribution in [1.29, 1.82) is 0 Å². The summed E-state index contributed by atoms with van der Waals surface area (Å²) in [7, 11) is 0. The molecule has 2 atom stereocenters. The number of hydrogen-bond acceptors (Lipinski definition) is 3. The molecule has 110 valence electrons. The number of nitrogens with one attached hydrogen (secondary N) is 1. The predicted molar refractivity (Wildman–Crippen MR) is 84.9 cm³/mol. The normalized spacial score (nSPS) is 35.7. The van der Waals surface area contributed by atoms with E-state index in [2.05, 4.69) is 35.8 Å². The molecule has 3 aliphatic rings. The molecule has 1 N–H and O–H groups in total. The number of rotatable bonds is 5. The SMILES string of the molecule is CC1SCCN(CC2(CNC3CC3)CCCC2)C1C. The van der Waals surface area contributed by atoms with Gasteiger partial charge in [-0.25, -0.2) is 0 Å². The van der Waals surface area contributed by atoms with E-state index in [1.807, 2.05) is 0 Å². The van der Waals surface area contributed by atoms with Crippen LogP contribution in [0.15, 0.2) is 0 Å². The molecule has 0 amide bonds. The van der Waals surface area contributed by atoms with E-state index in [9.17, 15) is 0 Å². The van der Waals surface area contributed by atoms with Crippen molar-refractivity contribution >= 4 is 11.8 Å². The molecule has 0 radical (unpaired) electrons. The van der Waals surface area contributed by atoms with Crippen LogP contribution >= 0.6 is 11.8 Å². The minimum atomic E-state index is 0.596. The zero-order valence-electron chi connectivity index (χ0n) is 12.7. The van der Waals surface area contributed by atoms with Gasteiger partial charge in [0.25, 0.3) is 0 Å². The monoisotopic (exact) mass is 282 g/mol. The number of thioether (sulfide) groups is 1. The van der Waals surface area contributed by atoms with Crippen molar-refractivity contribution < 1.29 is 0 Å². The lowest BCUT2D eigenvalue weighted by atomic mass is 9.84. The van der Waals surface area contributed by atoms with Crippen molar-refractivity contribution in [1.82, 2.24) is 10.2 Å². The highest BCUT2D eigenvalue weighted by atomic mass is 32.2. The number of hydrogen-bond donors (Lipinski definition) is 1. The van der Waals surface area contributed by atoms with E-state index >= 15 is 0 Å². The summed E-state index contributed by atoms with van der Waals surface area (Å²) in [5.74, 6) is 1.33. The maximum absolute atomic E-state index is 3.82. The molecule has 2 saturated carbocycles. The average Bonchev–Trinajstić information content (AvgIpc) is 3.13. The van der Waals surface area contributed by atoms with Gasteiger partial charge in [0, 0.05) is 42.7 Å². The minimum absolute atomic E-state index is 0.596. The van der Waals surface area contributed by atoms with Crippen LogP contribution in [0.3, 0.4) is 0 Å². The first-order valence-electron chi connectivity index (χ1n) is 8.28. The Morgan fingerprint density at radius 1 is 1.21 bits per heavy atom. The van der Waals surface area contributed by atoms with E-state index in [0.717, 1.165) is 17.3 Å². The van der Waals surface area contributed by atoms with Gasteiger partial charge in [-0.3, -0.25) is 4.90 Å². The summed E-state index contributed by atoms with van der Waals surface area (Å²) in [6, 6.07) is 1.63. The topological polar surface area (TPSA) is 15.3 Å². The molecule has 3 rings (SSSR count). The Balaban J connectivity index is 1.59. The molecule has 1 aliphatic heterocycles. The van der Waals surface area contributed by atoms with E-state index in [1.54, 1.807) is 0 Å². The van der Waals surface area contributed by atoms with Crippen LogP contribution in [-0.2, 0) is 0 Å². The predicted octanol–water partition coefficient (Wildman–Crippen LogP) is 3.12. The summed E-state index contributed by atoms with van der Waals surface area (Å²) in [4.78, 5) is 2.79. The van der Waals surface area contributed by atoms with Crippen molar-refractivity contribution in [2.45, 2.75) is 69.7 Å². The number of nitrogens with zero attached hydrogens (tertiary/aromatic N) is 1. The molecule has 0 aromatic heterocycles. The molecule has 0 spiro atoms. The third kappa shape index (κ3) is 3.48. The largest absolute Gasteiger partial charge is 0.313 e. The van der Waals surface area contributed by atoms with E-state index < -0.39 is 0 Å². The van der Waals surface area contributed by atoms with Crippen LogP contribution in [0, 0.1) is 5.41 Å². The van der Waals surface area contributed by atoms with Gasteiger partial charge in [-0.1, -0.05) is 19.8 Å². The maximum atomic E-state index is 3.82. The zero-order valence-corrected chi connectivity index (χ0v) is 13.5. The van der Waals surface area contributed by atoms with Crippen LogP contribution in [-0.4, -0.2) is 47.6 Å². The van der Waals surface area contributed by atoms with Gasteiger partial charge in [0.05, 0.1) is 0 Å². The van der Waals surface area contributed by atoms with Crippen LogP contribution in [0.2, 0.25) is 0 Å². The second-order valence-corrected chi connectivity index (χ2v) is 8.63. The molecule has 2 aliphatic carbocycles. The highest BCUT2D eigenvalue weighted by molar-refractivity contribution is 8.00. The molecule has 3 fully saturated rings. The van der Waals surface area contributed by atoms with Gasteiger partial charge in [-0.05, 0) is 38.0 Å². The van der Waals surface area contributed by atoms with Crippen LogP contribution in [0.25, 0.3) is 0 Å². The minimum Gasteiger partial charge on any atom is -0.313 e. The molecule has 2 unspecified atom stereocenters. The molecule has 0 aromatic carbocycles. The van der Waals surface area contributed by atoms with E-state index in [0.29, 0.717) is 5.41 Å². The lowest BCUT2D eigenvalue weighted by molar-refractivity contribution is 0.117. The van der Waals surface area contributed by atoms with Gasteiger partial charge in [-0.15, -0.1) is 0 Å². The molecule has 0 aromatic rings. The molecular weight excluding hydrogens is 252 g/mol. The lowest BCUT2D eigenvalue weighted by Crippen LogP contribution is -2.51. The standard InChI is InChI=1S/C16H30N2S/c1-13-14(2)19-10-9-18(13)12-16(7-3-4-8-16)11-17-15-5-6-15/h13-15,17H,3-12H2,1-2H3. The molecule has 1 heterocycles. The summed E-state index contributed by atoms with van der Waals surface area (Å²) in [6.45, 7) is 8.78. The Bertz CT molecular complexity index is 297. The molecular formula is C16H30N2S. The molecule has 2 nitrogen and oxygen atoms in total. The fourth-order valence-electron chi connectivity index (χ4n) is 3.81. The third-order valence-electron chi connectivity index (χ3n) is 5.56. The Morgan fingerprint density at radius 2 is 1.95 bits per heavy atom. The smallest absolute Gasteiger partial charge is 0.0184 e. The first kappa shape index (κ1) is 14.2. The van der Waals surface area contributed by atoms with E-state index in [4.69, 9.17) is 0 Å². The first-order chi connectivity index (χ1) is 9.19. The van der Waals surface area contributed by atoms with Gasteiger partial charge in [-0.2, -0.15) is 11.8 Å². The van der Waals surface area contributed by atoms with Gasteiger partial charge in [0.15, 0.2) is 0 Å². The van der Waals surface area contributed by atoms with E-state index in [-0.39, 0.29) is 0 Å². The third-order valence-corrected chi connectivity index (χ3v) is 6.90. The summed E-state index contributed by atoms with van der Waals surface area (Å²) in [6.07, 6.45) is 8.67. The Labute approximate surface area is 123 Å². The summed E-state index contributed by atoms with van der Waals surface area (Å²) < 4.78 is 0. The van der Waals surface area contributed by atoms with Gasteiger partial charge < -0.3 is 5.32 Å². The van der Waals surface area contributed by atoms with Gasteiger partial charge in [0.2, 0.25) is 0 Å². The fourth-order valence-corrected chi connectivity index (χ4v) is 4.98. The van der Waals surface area contributed by atoms with E-state index in [1.165, 1.54) is 63.9 Å². The van der Waals surface area contributed by atoms with Crippen LogP contribution in [0.1, 0.15) is 52.4 Å². The van der Waals surface area contributed by atoms with Crippen molar-refractivity contribution in [3.05, 3.63) is 0 Å². The van der Waals surface area contributed by atoms with Gasteiger partial charge >= 0.3 is 0 Å². The second-order valence-electron chi connectivity index (χ2n) is 7.15. The zero-order chi connectivity index (χ0) is 13.3. The lowest BCUT2D eigenvalue weighted by Gasteiger charge is -2.43. The molecule has 3 heteroatoms. The van der Waals surface area contributed by atoms with Crippen LogP contribution in [0.4, 0.5) is 0 Å². The maximum Gasteiger partial charge on any atom is 0.0184 e. The Kier molecular flexibility index (Phi) is 4.45. The second kappa shape index (κ2) is 5.95. The van der Waals surface area contributed by atoms with Crippen molar-refractivity contribution in [2.75, 3.05) is 25.4 Å². The summed E-state index contributed by atoms with van der Waals surface area (Å²) in [5, 5.41) is 4.63. The highest BCUT2D eigenvalue weighted by Crippen LogP contribution is 2.40. The fraction of sp³-hybridized carbons (Fsp3) is 1.00.